The molecule has 7 nitrogen and oxygen atoms in total. The van der Waals surface area contributed by atoms with E-state index in [1.54, 1.807) is 12.1 Å². The van der Waals surface area contributed by atoms with Gasteiger partial charge in [0.25, 0.3) is 0 Å². The molecule has 0 aliphatic carbocycles. The van der Waals surface area contributed by atoms with Crippen LogP contribution in [0.15, 0.2) is 42.5 Å². The van der Waals surface area contributed by atoms with Crippen LogP contribution in [-0.2, 0) is 21.8 Å². The van der Waals surface area contributed by atoms with E-state index in [9.17, 15) is 30.7 Å². The van der Waals surface area contributed by atoms with Crippen LogP contribution in [0.2, 0.25) is 0 Å². The Morgan fingerprint density at radius 1 is 0.975 bits per heavy atom. The molecule has 0 spiro atoms. The average molecular weight is 580 g/mol. The van der Waals surface area contributed by atoms with Gasteiger partial charge in [0.15, 0.2) is 6.29 Å². The van der Waals surface area contributed by atoms with Crippen molar-refractivity contribution < 1.29 is 40.2 Å². The second-order valence-electron chi connectivity index (χ2n) is 10.2. The van der Waals surface area contributed by atoms with Crippen LogP contribution in [0.3, 0.4) is 0 Å². The molecule has 5 atom stereocenters. The fourth-order valence-corrected chi connectivity index (χ4v) is 4.95. The number of hydrogen-bond donors (Lipinski definition) is 3. The smallest absolute Gasteiger partial charge is 0.349 e. The van der Waals surface area contributed by atoms with Crippen LogP contribution < -0.4 is 16.4 Å². The molecule has 4 rings (SSSR count). The van der Waals surface area contributed by atoms with Crippen molar-refractivity contribution in [1.82, 2.24) is 26.2 Å². The van der Waals surface area contributed by atoms with E-state index >= 15 is 0 Å². The second-order valence-corrected chi connectivity index (χ2v) is 10.2. The molecule has 40 heavy (non-hydrogen) atoms. The minimum atomic E-state index is -4.98. The first-order chi connectivity index (χ1) is 18.7. The maximum absolute atomic E-state index is 13.8. The minimum Gasteiger partial charge on any atom is -0.349 e. The van der Waals surface area contributed by atoms with Crippen molar-refractivity contribution in [2.24, 2.45) is 0 Å². The molecule has 0 bridgehead atoms. The van der Waals surface area contributed by atoms with Crippen LogP contribution in [0.4, 0.5) is 30.7 Å². The highest BCUT2D eigenvalue weighted by Gasteiger charge is 2.41. The summed E-state index contributed by atoms with van der Waals surface area (Å²) in [5, 5.41) is 0. The van der Waals surface area contributed by atoms with Crippen molar-refractivity contribution in [2.45, 2.75) is 49.8 Å². The van der Waals surface area contributed by atoms with Crippen LogP contribution in [0.5, 0.6) is 0 Å². The third-order valence-corrected chi connectivity index (χ3v) is 6.93. The fraction of sp³-hybridized carbons (Fsp3) is 0.538. The molecule has 2 fully saturated rings. The van der Waals surface area contributed by atoms with Gasteiger partial charge in [0.2, 0.25) is 0 Å². The molecular weight excluding hydrogens is 547 g/mol. The molecule has 2 unspecified atom stereocenters. The number of halogens is 7. The highest BCUT2D eigenvalue weighted by Crippen LogP contribution is 2.39. The van der Waals surface area contributed by atoms with E-state index in [1.165, 1.54) is 19.1 Å². The molecule has 0 aromatic heterocycles. The van der Waals surface area contributed by atoms with Gasteiger partial charge in [-0.05, 0) is 62.5 Å². The monoisotopic (exact) mass is 579 g/mol. The first-order valence-corrected chi connectivity index (χ1v) is 12.7. The molecule has 0 radical (unpaired) electrons. The number of nitrogens with one attached hydrogen (secondary N) is 3. The fourth-order valence-electron chi connectivity index (χ4n) is 4.95. The summed E-state index contributed by atoms with van der Waals surface area (Å²) in [6.45, 7) is 3.24. The van der Waals surface area contributed by atoms with Gasteiger partial charge in [0.05, 0.1) is 42.0 Å². The Morgan fingerprint density at radius 3 is 2.15 bits per heavy atom. The molecule has 0 saturated carbocycles. The van der Waals surface area contributed by atoms with Gasteiger partial charge in [-0.2, -0.15) is 31.9 Å². The minimum absolute atomic E-state index is 0.0240. The zero-order valence-electron chi connectivity index (χ0n) is 22.1. The summed E-state index contributed by atoms with van der Waals surface area (Å²) in [7, 11) is 3.88. The third kappa shape index (κ3) is 7.49. The zero-order chi connectivity index (χ0) is 29.2. The first-order valence-electron chi connectivity index (χ1n) is 12.7. The van der Waals surface area contributed by atoms with Gasteiger partial charge in [0, 0.05) is 19.6 Å². The number of hydrogen-bond acceptors (Lipinski definition) is 7. The molecular formula is C26H32F7N5O2. The lowest BCUT2D eigenvalue weighted by Crippen LogP contribution is -2.53. The molecule has 222 valence electrons. The molecule has 3 N–H and O–H groups in total. The normalized spacial score (nSPS) is 25.5. The molecule has 2 aliphatic heterocycles. The molecule has 2 aliphatic rings. The summed E-state index contributed by atoms with van der Waals surface area (Å²) >= 11 is 0. The summed E-state index contributed by atoms with van der Waals surface area (Å²) in [5.41, 5.74) is 6.76. The van der Waals surface area contributed by atoms with E-state index in [4.69, 9.17) is 9.47 Å². The SMILES string of the molecule is C[C@@H](O[C@H]1OCCN(CC2NNNC2CN(C)C)[C@H]1c1ccc(F)cc1)c1cc(C(F)(F)F)cc(C(F)(F)F)c1. The lowest BCUT2D eigenvalue weighted by molar-refractivity contribution is -0.230. The second kappa shape index (κ2) is 12.3. The van der Waals surface area contributed by atoms with E-state index in [-0.39, 0.29) is 30.3 Å². The molecule has 2 aromatic rings. The molecule has 14 heteroatoms. The standard InChI is InChI=1S/C26H32F7N5O2/c1-15(17-10-18(25(28,29)30)12-19(11-17)26(31,32)33)40-24-23(16-4-6-20(27)7-5-16)38(8-9-39-24)14-22-21(13-37(2)3)34-36-35-22/h4-7,10-12,15,21-24,34-36H,8-9,13-14H2,1-3H3/t15-,21?,22?,23+,24-/m1/s1. The summed E-state index contributed by atoms with van der Waals surface area (Å²) in [6, 6.07) is 6.39. The van der Waals surface area contributed by atoms with Gasteiger partial charge in [-0.15, -0.1) is 0 Å². The van der Waals surface area contributed by atoms with E-state index in [0.717, 1.165) is 0 Å². The molecule has 2 saturated heterocycles. The number of morpholine rings is 1. The predicted molar refractivity (Wildman–Crippen MR) is 132 cm³/mol. The largest absolute Gasteiger partial charge is 0.416 e. The number of likely N-dealkylation sites (N-methyl/N-ethyl adjacent to an activating group) is 1. The zero-order valence-corrected chi connectivity index (χ0v) is 22.1. The summed E-state index contributed by atoms with van der Waals surface area (Å²) in [6.07, 6.45) is -12.2. The van der Waals surface area contributed by atoms with Gasteiger partial charge in [0.1, 0.15) is 5.82 Å². The number of alkyl halides is 6. The van der Waals surface area contributed by atoms with Gasteiger partial charge in [-0.1, -0.05) is 12.1 Å². The Kier molecular flexibility index (Phi) is 9.39. The Bertz CT molecular complexity index is 1100. The van der Waals surface area contributed by atoms with Crippen LogP contribution >= 0.6 is 0 Å². The van der Waals surface area contributed by atoms with Crippen LogP contribution in [0, 0.1) is 5.82 Å². The van der Waals surface area contributed by atoms with E-state index in [0.29, 0.717) is 37.3 Å². The average Bonchev–Trinajstić information content (AvgIpc) is 3.29. The number of benzene rings is 2. The number of ether oxygens (including phenoxy) is 2. The highest BCUT2D eigenvalue weighted by molar-refractivity contribution is 5.34. The summed E-state index contributed by atoms with van der Waals surface area (Å²) < 4.78 is 106. The summed E-state index contributed by atoms with van der Waals surface area (Å²) in [5.74, 6) is -0.460. The van der Waals surface area contributed by atoms with Gasteiger partial charge in [-0.25, -0.2) is 15.2 Å². The van der Waals surface area contributed by atoms with Gasteiger partial charge < -0.3 is 14.4 Å². The highest BCUT2D eigenvalue weighted by atomic mass is 19.4. The maximum atomic E-state index is 13.8. The number of rotatable bonds is 8. The van der Waals surface area contributed by atoms with Crippen molar-refractivity contribution in [2.75, 3.05) is 40.3 Å². The van der Waals surface area contributed by atoms with Crippen LogP contribution in [0.25, 0.3) is 0 Å². The quantitative estimate of drug-likeness (QED) is 0.405. The van der Waals surface area contributed by atoms with Gasteiger partial charge in [-0.3, -0.25) is 4.90 Å². The number of nitrogens with zero attached hydrogens (tertiary/aromatic N) is 2. The van der Waals surface area contributed by atoms with Crippen molar-refractivity contribution in [3.05, 3.63) is 70.5 Å². The van der Waals surface area contributed by atoms with E-state index < -0.39 is 47.7 Å². The van der Waals surface area contributed by atoms with Gasteiger partial charge >= 0.3 is 12.4 Å². The Morgan fingerprint density at radius 2 is 1.57 bits per heavy atom. The Labute approximate surface area is 227 Å². The van der Waals surface area contributed by atoms with E-state index in [1.807, 2.05) is 19.0 Å². The van der Waals surface area contributed by atoms with Crippen molar-refractivity contribution >= 4 is 0 Å². The van der Waals surface area contributed by atoms with E-state index in [2.05, 4.69) is 21.3 Å². The van der Waals surface area contributed by atoms with Crippen LogP contribution in [0.1, 0.15) is 41.3 Å². The third-order valence-electron chi connectivity index (χ3n) is 6.93. The molecule has 2 heterocycles. The van der Waals surface area contributed by atoms with Crippen molar-refractivity contribution in [3.8, 4) is 0 Å². The van der Waals surface area contributed by atoms with Crippen LogP contribution in [-0.4, -0.2) is 68.5 Å². The maximum Gasteiger partial charge on any atom is 0.416 e. The molecule has 0 amide bonds. The van der Waals surface area contributed by atoms with Crippen molar-refractivity contribution in [3.63, 3.8) is 0 Å². The predicted octanol–water partition coefficient (Wildman–Crippen LogP) is 4.25. The lowest BCUT2D eigenvalue weighted by Gasteiger charge is -2.43. The Hall–Kier alpha value is -2.33. The van der Waals surface area contributed by atoms with Crippen molar-refractivity contribution in [1.29, 1.82) is 0 Å². The summed E-state index contributed by atoms with van der Waals surface area (Å²) in [4.78, 5) is 4.07. The first kappa shape index (κ1) is 30.6. The Balaban J connectivity index is 1.62. The topological polar surface area (TPSA) is 61.0 Å². The lowest BCUT2D eigenvalue weighted by atomic mass is 9.99. The molecule has 2 aromatic carbocycles. The number of hydrazine groups is 2.